The maximum Gasteiger partial charge on any atom is 0.307 e. The number of benzene rings is 4. The highest BCUT2D eigenvalue weighted by Gasteiger charge is 2.23. The van der Waals surface area contributed by atoms with Gasteiger partial charge in [0.05, 0.1) is 31.3 Å². The zero-order valence-electron chi connectivity index (χ0n) is 27.3. The highest BCUT2D eigenvalue weighted by atomic mass is 35.5. The monoisotopic (exact) mass is 681 g/mol. The number of hydrogen-bond donors (Lipinski definition) is 3. The van der Waals surface area contributed by atoms with Crippen LogP contribution in [0.5, 0.6) is 11.5 Å². The molecule has 0 fully saturated rings. The van der Waals surface area contributed by atoms with E-state index in [0.717, 1.165) is 22.1 Å². The van der Waals surface area contributed by atoms with Crippen LogP contribution in [0, 0.1) is 0 Å². The van der Waals surface area contributed by atoms with Crippen LogP contribution >= 0.6 is 11.6 Å². The van der Waals surface area contributed by atoms with E-state index in [-0.39, 0.29) is 37.5 Å². The van der Waals surface area contributed by atoms with Gasteiger partial charge in [-0.1, -0.05) is 66.2 Å². The highest BCUT2D eigenvalue weighted by molar-refractivity contribution is 6.30. The first kappa shape index (κ1) is 35.5. The zero-order chi connectivity index (χ0) is 34.6. The van der Waals surface area contributed by atoms with Gasteiger partial charge in [-0.25, -0.2) is 0 Å². The van der Waals surface area contributed by atoms with Crippen molar-refractivity contribution in [1.29, 1.82) is 0 Å². The minimum absolute atomic E-state index is 0.0955. The Balaban J connectivity index is 1.26. The number of ether oxygens (including phenoxy) is 2. The van der Waals surface area contributed by atoms with E-state index >= 15 is 0 Å². The summed E-state index contributed by atoms with van der Waals surface area (Å²) in [6, 6.07) is 31.6. The van der Waals surface area contributed by atoms with Crippen molar-refractivity contribution in [3.05, 3.63) is 137 Å². The van der Waals surface area contributed by atoms with E-state index in [1.165, 1.54) is 0 Å². The van der Waals surface area contributed by atoms with Crippen LogP contribution in [0.3, 0.4) is 0 Å². The second-order valence-electron chi connectivity index (χ2n) is 11.6. The molecule has 0 saturated heterocycles. The molecule has 5 rings (SSSR count). The molecule has 1 aromatic heterocycles. The standard InChI is InChI=1S/C39H40ClN3O6/c1-2-48-38(46)18-20-42-39(47)30-13-16-34-35(23-30)41-19-17-37(34)49-33-14-11-27(12-15-33)21-32(26-44)43(24-28-7-4-3-5-8-28)25-36(45)29-9-6-10-31(40)22-29/h3-17,19,22-23,32,36,44-45H,2,18,20-21,24-26H2,1H3,(H,42,47)/t32-,36-/m0/s1. The van der Waals surface area contributed by atoms with Crippen molar-refractivity contribution < 1.29 is 29.3 Å². The number of esters is 1. The van der Waals surface area contributed by atoms with E-state index in [1.807, 2.05) is 66.7 Å². The number of amides is 1. The molecule has 3 N–H and O–H groups in total. The summed E-state index contributed by atoms with van der Waals surface area (Å²) in [5.74, 6) is 0.539. The molecule has 254 valence electrons. The van der Waals surface area contributed by atoms with Crippen molar-refractivity contribution in [2.45, 2.75) is 38.5 Å². The van der Waals surface area contributed by atoms with Crippen LogP contribution in [0.1, 0.15) is 46.5 Å². The van der Waals surface area contributed by atoms with Crippen molar-refractivity contribution in [2.75, 3.05) is 26.3 Å². The Hall–Kier alpha value is -4.80. The Bertz CT molecular complexity index is 1840. The second-order valence-corrected chi connectivity index (χ2v) is 12.1. The minimum Gasteiger partial charge on any atom is -0.466 e. The SMILES string of the molecule is CCOC(=O)CCNC(=O)c1ccc2c(Oc3ccc(C[C@@H](CO)N(Cc4ccccc4)C[C@H](O)c4cccc(Cl)c4)cc3)ccnc2c1. The molecule has 0 spiro atoms. The number of carbonyl (C=O) groups is 2. The molecular weight excluding hydrogens is 642 g/mol. The maximum absolute atomic E-state index is 12.6. The largest absolute Gasteiger partial charge is 0.466 e. The summed E-state index contributed by atoms with van der Waals surface area (Å²) < 4.78 is 11.1. The van der Waals surface area contributed by atoms with Crippen LogP contribution in [0.15, 0.2) is 109 Å². The molecular formula is C39H40ClN3O6. The van der Waals surface area contributed by atoms with Crippen molar-refractivity contribution in [3.63, 3.8) is 0 Å². The maximum atomic E-state index is 12.6. The fourth-order valence-corrected chi connectivity index (χ4v) is 5.77. The summed E-state index contributed by atoms with van der Waals surface area (Å²) in [6.07, 6.45) is 1.49. The fourth-order valence-electron chi connectivity index (χ4n) is 5.57. The summed E-state index contributed by atoms with van der Waals surface area (Å²) in [4.78, 5) is 30.7. The first-order valence-corrected chi connectivity index (χ1v) is 16.6. The first-order chi connectivity index (χ1) is 23.8. The van der Waals surface area contributed by atoms with Crippen LogP contribution < -0.4 is 10.1 Å². The number of nitrogens with one attached hydrogen (secondary N) is 1. The van der Waals surface area contributed by atoms with Crippen LogP contribution in [0.2, 0.25) is 5.02 Å². The summed E-state index contributed by atoms with van der Waals surface area (Å²) in [5.41, 5.74) is 3.81. The summed E-state index contributed by atoms with van der Waals surface area (Å²) in [5, 5.41) is 25.7. The number of nitrogens with zero attached hydrogens (tertiary/aromatic N) is 2. The number of pyridine rings is 1. The van der Waals surface area contributed by atoms with Gasteiger partial charge >= 0.3 is 5.97 Å². The molecule has 4 aromatic carbocycles. The molecule has 0 unspecified atom stereocenters. The third-order valence-electron chi connectivity index (χ3n) is 8.10. The van der Waals surface area contributed by atoms with E-state index in [2.05, 4.69) is 15.2 Å². The smallest absolute Gasteiger partial charge is 0.307 e. The third kappa shape index (κ3) is 10.1. The van der Waals surface area contributed by atoms with E-state index in [0.29, 0.717) is 53.7 Å². The quantitative estimate of drug-likeness (QED) is 0.101. The molecule has 1 heterocycles. The predicted octanol–water partition coefficient (Wildman–Crippen LogP) is 6.50. The fraction of sp³-hybridized carbons (Fsp3) is 0.256. The summed E-state index contributed by atoms with van der Waals surface area (Å²) in [6.45, 7) is 2.98. The Morgan fingerprint density at radius 3 is 2.47 bits per heavy atom. The summed E-state index contributed by atoms with van der Waals surface area (Å²) in [7, 11) is 0. The number of carbonyl (C=O) groups excluding carboxylic acids is 2. The van der Waals surface area contributed by atoms with Gasteiger partial charge < -0.3 is 25.0 Å². The van der Waals surface area contributed by atoms with Gasteiger partial charge in [-0.05, 0) is 78.6 Å². The number of aliphatic hydroxyl groups is 2. The van der Waals surface area contributed by atoms with E-state index in [4.69, 9.17) is 21.1 Å². The third-order valence-corrected chi connectivity index (χ3v) is 8.34. The molecule has 10 heteroatoms. The molecule has 0 bridgehead atoms. The zero-order valence-corrected chi connectivity index (χ0v) is 28.1. The highest BCUT2D eigenvalue weighted by Crippen LogP contribution is 2.30. The molecule has 0 aliphatic rings. The van der Waals surface area contributed by atoms with Gasteiger partial charge in [0.25, 0.3) is 5.91 Å². The number of aliphatic hydroxyl groups excluding tert-OH is 2. The lowest BCUT2D eigenvalue weighted by Crippen LogP contribution is -2.41. The Labute approximate surface area is 291 Å². The number of hydrogen-bond acceptors (Lipinski definition) is 8. The van der Waals surface area contributed by atoms with Crippen LogP contribution in [0.4, 0.5) is 0 Å². The topological polar surface area (TPSA) is 121 Å². The molecule has 0 aliphatic carbocycles. The summed E-state index contributed by atoms with van der Waals surface area (Å²) >= 11 is 6.19. The lowest BCUT2D eigenvalue weighted by molar-refractivity contribution is -0.142. The average molecular weight is 682 g/mol. The number of fused-ring (bicyclic) bond motifs is 1. The van der Waals surface area contributed by atoms with Crippen LogP contribution in [0.25, 0.3) is 10.9 Å². The van der Waals surface area contributed by atoms with Crippen molar-refractivity contribution in [2.24, 2.45) is 0 Å². The molecule has 0 radical (unpaired) electrons. The van der Waals surface area contributed by atoms with Gasteiger partial charge in [-0.2, -0.15) is 0 Å². The lowest BCUT2D eigenvalue weighted by atomic mass is 10.0. The van der Waals surface area contributed by atoms with Gasteiger partial charge in [-0.3, -0.25) is 19.5 Å². The minimum atomic E-state index is -0.788. The Morgan fingerprint density at radius 2 is 1.73 bits per heavy atom. The average Bonchev–Trinajstić information content (AvgIpc) is 3.11. The van der Waals surface area contributed by atoms with E-state index in [1.54, 1.807) is 49.5 Å². The molecule has 9 nitrogen and oxygen atoms in total. The number of halogens is 1. The van der Waals surface area contributed by atoms with Gasteiger partial charge in [-0.15, -0.1) is 0 Å². The molecule has 0 aliphatic heterocycles. The normalized spacial score (nSPS) is 12.4. The second kappa shape index (κ2) is 17.6. The number of aromatic nitrogens is 1. The van der Waals surface area contributed by atoms with Crippen molar-refractivity contribution in [1.82, 2.24) is 15.2 Å². The Morgan fingerprint density at radius 1 is 0.939 bits per heavy atom. The number of rotatable bonds is 16. The van der Waals surface area contributed by atoms with E-state index < -0.39 is 6.10 Å². The van der Waals surface area contributed by atoms with Gasteiger partial charge in [0.1, 0.15) is 11.5 Å². The van der Waals surface area contributed by atoms with Gasteiger partial charge in [0.2, 0.25) is 0 Å². The first-order valence-electron chi connectivity index (χ1n) is 16.2. The van der Waals surface area contributed by atoms with Crippen molar-refractivity contribution in [3.8, 4) is 11.5 Å². The lowest BCUT2D eigenvalue weighted by Gasteiger charge is -2.32. The Kier molecular flexibility index (Phi) is 12.7. The molecule has 5 aromatic rings. The molecule has 0 saturated carbocycles. The molecule has 2 atom stereocenters. The van der Waals surface area contributed by atoms with E-state index in [9.17, 15) is 19.8 Å². The molecule has 1 amide bonds. The predicted molar refractivity (Wildman–Crippen MR) is 190 cm³/mol. The molecule has 49 heavy (non-hydrogen) atoms. The van der Waals surface area contributed by atoms with Crippen LogP contribution in [-0.2, 0) is 22.5 Å². The van der Waals surface area contributed by atoms with Gasteiger partial charge in [0.15, 0.2) is 0 Å². The van der Waals surface area contributed by atoms with Crippen LogP contribution in [-0.4, -0.2) is 64.3 Å². The van der Waals surface area contributed by atoms with Crippen molar-refractivity contribution >= 4 is 34.4 Å². The van der Waals surface area contributed by atoms with Gasteiger partial charge in [0, 0.05) is 47.8 Å².